The second-order valence-electron chi connectivity index (χ2n) is 8.67. The van der Waals surface area contributed by atoms with Crippen LogP contribution in [0.25, 0.3) is 28.2 Å². The number of imidazole rings is 1. The zero-order valence-corrected chi connectivity index (χ0v) is 19.3. The molecule has 0 unspecified atom stereocenters. The van der Waals surface area contributed by atoms with Crippen LogP contribution in [0.1, 0.15) is 35.7 Å². The van der Waals surface area contributed by atoms with Gasteiger partial charge in [-0.25, -0.2) is 14.4 Å². The number of pyridine rings is 2. The van der Waals surface area contributed by atoms with Crippen LogP contribution >= 0.6 is 0 Å². The summed E-state index contributed by atoms with van der Waals surface area (Å²) in [5, 5.41) is 13.3. The number of carbonyl (C=O) groups is 1. The van der Waals surface area contributed by atoms with Crippen molar-refractivity contribution in [2.45, 2.75) is 26.4 Å². The normalized spacial score (nSPS) is 11.7. The highest BCUT2D eigenvalue weighted by molar-refractivity contribution is 6.05. The fourth-order valence-electron chi connectivity index (χ4n) is 3.69. The van der Waals surface area contributed by atoms with E-state index in [2.05, 4.69) is 20.3 Å². The van der Waals surface area contributed by atoms with Gasteiger partial charge in [-0.2, -0.15) is 0 Å². The highest BCUT2D eigenvalue weighted by Crippen LogP contribution is 2.31. The van der Waals surface area contributed by atoms with Gasteiger partial charge in [0.1, 0.15) is 17.5 Å². The third-order valence-corrected chi connectivity index (χ3v) is 5.58. The number of benzene rings is 1. The molecule has 9 heteroatoms. The van der Waals surface area contributed by atoms with Crippen molar-refractivity contribution >= 4 is 17.2 Å². The lowest BCUT2D eigenvalue weighted by Gasteiger charge is -2.12. The van der Waals surface area contributed by atoms with Crippen LogP contribution in [-0.4, -0.2) is 30.4 Å². The third-order valence-electron chi connectivity index (χ3n) is 5.58. The molecule has 176 valence electrons. The van der Waals surface area contributed by atoms with E-state index in [0.29, 0.717) is 17.0 Å². The number of halogens is 1. The molecule has 0 saturated heterocycles. The van der Waals surface area contributed by atoms with E-state index < -0.39 is 17.3 Å². The summed E-state index contributed by atoms with van der Waals surface area (Å²) in [5.41, 5.74) is 2.42. The number of hydrogen-bond acceptors (Lipinski definition) is 6. The first kappa shape index (κ1) is 22.4. The Kier molecular flexibility index (Phi) is 5.41. The number of anilines is 1. The minimum absolute atomic E-state index is 0.00390. The molecule has 0 spiro atoms. The van der Waals surface area contributed by atoms with Gasteiger partial charge in [0.05, 0.1) is 22.6 Å². The number of oxazole rings is 1. The topological polar surface area (TPSA) is 106 Å². The van der Waals surface area contributed by atoms with Gasteiger partial charge in [0.25, 0.3) is 5.91 Å². The Balaban J connectivity index is 1.53. The molecule has 0 aliphatic rings. The van der Waals surface area contributed by atoms with Crippen LogP contribution in [-0.2, 0) is 5.60 Å². The van der Waals surface area contributed by atoms with Crippen molar-refractivity contribution in [3.63, 3.8) is 0 Å². The molecule has 1 amide bonds. The first-order valence-corrected chi connectivity index (χ1v) is 10.9. The number of aromatic nitrogens is 4. The molecule has 0 saturated carbocycles. The highest BCUT2D eigenvalue weighted by Gasteiger charge is 2.22. The zero-order valence-electron chi connectivity index (χ0n) is 19.3. The van der Waals surface area contributed by atoms with Crippen LogP contribution in [0.3, 0.4) is 0 Å². The number of carbonyl (C=O) groups excluding carboxylic acids is 1. The molecule has 0 atom stereocenters. The highest BCUT2D eigenvalue weighted by atomic mass is 19.1. The maximum absolute atomic E-state index is 14.4. The van der Waals surface area contributed by atoms with E-state index in [1.807, 2.05) is 36.4 Å². The first-order chi connectivity index (χ1) is 16.7. The zero-order chi connectivity index (χ0) is 24.7. The molecular weight excluding hydrogens is 449 g/mol. The van der Waals surface area contributed by atoms with E-state index in [-0.39, 0.29) is 22.8 Å². The van der Waals surface area contributed by atoms with Gasteiger partial charge in [-0.15, -0.1) is 0 Å². The number of aryl methyl sites for hydroxylation is 1. The second kappa shape index (κ2) is 8.44. The van der Waals surface area contributed by atoms with Gasteiger partial charge in [-0.1, -0.05) is 30.3 Å². The maximum atomic E-state index is 14.4. The molecule has 5 rings (SSSR count). The molecule has 1 aromatic carbocycles. The Bertz CT molecular complexity index is 1550. The number of nitrogens with one attached hydrogen (secondary N) is 1. The fraction of sp³-hybridized carbons (Fsp3) is 0.154. The Hall–Kier alpha value is -4.37. The summed E-state index contributed by atoms with van der Waals surface area (Å²) in [6.07, 6.45) is 6.07. The quantitative estimate of drug-likeness (QED) is 0.375. The smallest absolute Gasteiger partial charge is 0.277 e. The predicted octanol–water partition coefficient (Wildman–Crippen LogP) is 4.98. The minimum Gasteiger partial charge on any atom is -0.444 e. The van der Waals surface area contributed by atoms with Gasteiger partial charge in [-0.05, 0) is 38.5 Å². The van der Waals surface area contributed by atoms with Gasteiger partial charge >= 0.3 is 0 Å². The molecule has 35 heavy (non-hydrogen) atoms. The molecule has 0 radical (unpaired) electrons. The summed E-state index contributed by atoms with van der Waals surface area (Å²) < 4.78 is 21.6. The van der Waals surface area contributed by atoms with Gasteiger partial charge < -0.3 is 19.2 Å². The summed E-state index contributed by atoms with van der Waals surface area (Å²) in [5.74, 6) is -1.09. The van der Waals surface area contributed by atoms with E-state index in [4.69, 9.17) is 4.42 Å². The molecule has 4 aromatic heterocycles. The van der Waals surface area contributed by atoms with E-state index in [9.17, 15) is 14.3 Å². The van der Waals surface area contributed by atoms with Gasteiger partial charge in [0, 0.05) is 24.2 Å². The van der Waals surface area contributed by atoms with Crippen molar-refractivity contribution in [2.75, 3.05) is 5.32 Å². The molecule has 0 aliphatic heterocycles. The summed E-state index contributed by atoms with van der Waals surface area (Å²) in [6.45, 7) is 4.85. The Morgan fingerprint density at radius 1 is 1.11 bits per heavy atom. The first-order valence-electron chi connectivity index (χ1n) is 10.9. The predicted molar refractivity (Wildman–Crippen MR) is 128 cm³/mol. The van der Waals surface area contributed by atoms with Crippen LogP contribution in [0.5, 0.6) is 0 Å². The van der Waals surface area contributed by atoms with Crippen molar-refractivity contribution in [3.05, 3.63) is 90.2 Å². The molecule has 8 nitrogen and oxygen atoms in total. The van der Waals surface area contributed by atoms with Crippen LogP contribution in [0, 0.1) is 12.7 Å². The van der Waals surface area contributed by atoms with Crippen molar-refractivity contribution in [2.24, 2.45) is 0 Å². The lowest BCUT2D eigenvalue weighted by molar-refractivity contribution is 0.0744. The molecular formula is C26H22FN5O3. The van der Waals surface area contributed by atoms with Crippen molar-refractivity contribution in [1.29, 1.82) is 0 Å². The van der Waals surface area contributed by atoms with Crippen LogP contribution in [0.4, 0.5) is 10.1 Å². The Morgan fingerprint density at radius 2 is 1.89 bits per heavy atom. The van der Waals surface area contributed by atoms with Gasteiger partial charge in [-0.3, -0.25) is 9.78 Å². The monoisotopic (exact) mass is 471 g/mol. The van der Waals surface area contributed by atoms with Gasteiger partial charge in [0.2, 0.25) is 5.89 Å². The molecule has 0 bridgehead atoms. The average molecular weight is 471 g/mol. The summed E-state index contributed by atoms with van der Waals surface area (Å²) >= 11 is 0. The van der Waals surface area contributed by atoms with E-state index in [1.54, 1.807) is 30.6 Å². The second-order valence-corrected chi connectivity index (χ2v) is 8.67. The van der Waals surface area contributed by atoms with Crippen LogP contribution < -0.4 is 5.32 Å². The van der Waals surface area contributed by atoms with Crippen LogP contribution in [0.2, 0.25) is 0 Å². The SMILES string of the molecule is Cc1nccc(-c2nc(C(=O)Nc3cn4cc(C(C)(C)O)nc4cc3-c3ccccc3)co2)c1F. The number of amides is 1. The molecule has 0 aliphatic carbocycles. The largest absolute Gasteiger partial charge is 0.444 e. The Morgan fingerprint density at radius 3 is 2.63 bits per heavy atom. The Labute approximate surface area is 200 Å². The van der Waals surface area contributed by atoms with E-state index in [1.165, 1.54) is 25.5 Å². The maximum Gasteiger partial charge on any atom is 0.277 e. The number of rotatable bonds is 5. The number of fused-ring (bicyclic) bond motifs is 1. The molecule has 5 aromatic rings. The summed E-state index contributed by atoms with van der Waals surface area (Å²) in [4.78, 5) is 25.7. The third kappa shape index (κ3) is 4.29. The minimum atomic E-state index is -1.12. The van der Waals surface area contributed by atoms with Crippen LogP contribution in [0.15, 0.2) is 71.7 Å². The lowest BCUT2D eigenvalue weighted by Crippen LogP contribution is -2.15. The molecule has 0 fully saturated rings. The van der Waals surface area contributed by atoms with Crippen molar-refractivity contribution in [1.82, 2.24) is 19.4 Å². The number of aliphatic hydroxyl groups is 1. The van der Waals surface area contributed by atoms with E-state index in [0.717, 1.165) is 11.1 Å². The van der Waals surface area contributed by atoms with Crippen molar-refractivity contribution in [3.8, 4) is 22.6 Å². The summed E-state index contributed by atoms with van der Waals surface area (Å²) in [6, 6.07) is 12.8. The molecule has 4 heterocycles. The standard InChI is InChI=1S/C26H22FN5O3/c1-15-23(27)17(9-10-28-15)25-30-20(14-35-25)24(33)29-19-12-32-13-21(26(2,3)34)31-22(32)11-18(19)16-7-5-4-6-8-16/h4-14,34H,1-3H3,(H,29,33). The average Bonchev–Trinajstić information content (AvgIpc) is 3.48. The number of nitrogens with zero attached hydrogens (tertiary/aromatic N) is 4. The van der Waals surface area contributed by atoms with Gasteiger partial charge in [0.15, 0.2) is 11.5 Å². The number of hydrogen-bond donors (Lipinski definition) is 2. The molecule has 2 N–H and O–H groups in total. The van der Waals surface area contributed by atoms with Crippen molar-refractivity contribution < 1.29 is 18.7 Å². The summed E-state index contributed by atoms with van der Waals surface area (Å²) in [7, 11) is 0. The lowest BCUT2D eigenvalue weighted by atomic mass is 10.1. The van der Waals surface area contributed by atoms with E-state index >= 15 is 0 Å². The fourth-order valence-corrected chi connectivity index (χ4v) is 3.69.